The summed E-state index contributed by atoms with van der Waals surface area (Å²) in [5.41, 5.74) is 3.45. The summed E-state index contributed by atoms with van der Waals surface area (Å²) in [4.78, 5) is 16.6. The molecule has 0 saturated carbocycles. The Morgan fingerprint density at radius 2 is 1.96 bits per heavy atom. The van der Waals surface area contributed by atoms with Crippen molar-refractivity contribution >= 4 is 17.7 Å². The molecule has 2 aromatic rings. The van der Waals surface area contributed by atoms with Gasteiger partial charge in [0, 0.05) is 26.2 Å². The molecule has 2 heterocycles. The number of likely N-dealkylation sites (N-methyl/N-ethyl adjacent to an activating group) is 1. The highest BCUT2D eigenvalue weighted by molar-refractivity contribution is 7.99. The van der Waals surface area contributed by atoms with Crippen molar-refractivity contribution in [3.05, 3.63) is 35.7 Å². The Hall–Kier alpha value is -1.86. The highest BCUT2D eigenvalue weighted by Crippen LogP contribution is 2.23. The van der Waals surface area contributed by atoms with Crippen LogP contribution in [0.3, 0.4) is 0 Å². The SMILES string of the molecule is Cc1ccc(-n2cnnc2SCC(=O)N2CCN(C)CC2)c(C)c1. The van der Waals surface area contributed by atoms with Crippen LogP contribution in [0.4, 0.5) is 0 Å². The van der Waals surface area contributed by atoms with Gasteiger partial charge in [0.1, 0.15) is 6.33 Å². The monoisotopic (exact) mass is 345 g/mol. The lowest BCUT2D eigenvalue weighted by Gasteiger charge is -2.32. The molecule has 0 bridgehead atoms. The molecule has 0 aliphatic carbocycles. The zero-order valence-electron chi connectivity index (χ0n) is 14.4. The van der Waals surface area contributed by atoms with Gasteiger partial charge in [-0.1, -0.05) is 29.5 Å². The smallest absolute Gasteiger partial charge is 0.233 e. The maximum absolute atomic E-state index is 12.4. The van der Waals surface area contributed by atoms with Crippen molar-refractivity contribution in [3.8, 4) is 5.69 Å². The summed E-state index contributed by atoms with van der Waals surface area (Å²) in [6.07, 6.45) is 1.71. The summed E-state index contributed by atoms with van der Waals surface area (Å²) in [6, 6.07) is 6.28. The molecule has 1 saturated heterocycles. The topological polar surface area (TPSA) is 54.3 Å². The second-order valence-corrected chi connectivity index (χ2v) is 7.19. The number of thioether (sulfide) groups is 1. The number of hydrogen-bond donors (Lipinski definition) is 0. The normalized spacial score (nSPS) is 15.7. The number of rotatable bonds is 4. The van der Waals surface area contributed by atoms with Gasteiger partial charge in [-0.3, -0.25) is 9.36 Å². The minimum absolute atomic E-state index is 0.170. The number of hydrogen-bond acceptors (Lipinski definition) is 5. The van der Waals surface area contributed by atoms with E-state index in [2.05, 4.69) is 54.2 Å². The third-order valence-electron chi connectivity index (χ3n) is 4.31. The summed E-state index contributed by atoms with van der Waals surface area (Å²) < 4.78 is 1.96. The Labute approximate surface area is 146 Å². The lowest BCUT2D eigenvalue weighted by atomic mass is 10.1. The van der Waals surface area contributed by atoms with Crippen LogP contribution >= 0.6 is 11.8 Å². The summed E-state index contributed by atoms with van der Waals surface area (Å²) in [7, 11) is 2.09. The molecule has 1 aliphatic rings. The minimum atomic E-state index is 0.170. The van der Waals surface area contributed by atoms with Crippen LogP contribution in [0.2, 0.25) is 0 Å². The lowest BCUT2D eigenvalue weighted by molar-refractivity contribution is -0.129. The molecule has 0 spiro atoms. The molecular weight excluding hydrogens is 322 g/mol. The third kappa shape index (κ3) is 3.79. The number of aromatic nitrogens is 3. The van der Waals surface area contributed by atoms with Gasteiger partial charge in [0.25, 0.3) is 0 Å². The van der Waals surface area contributed by atoms with Crippen molar-refractivity contribution < 1.29 is 4.79 Å². The van der Waals surface area contributed by atoms with E-state index in [1.165, 1.54) is 22.9 Å². The molecule has 0 radical (unpaired) electrons. The van der Waals surface area contributed by atoms with Gasteiger partial charge < -0.3 is 9.80 Å². The van der Waals surface area contributed by atoms with Gasteiger partial charge in [-0.25, -0.2) is 0 Å². The summed E-state index contributed by atoms with van der Waals surface area (Å²) in [6.45, 7) is 7.64. The van der Waals surface area contributed by atoms with Crippen molar-refractivity contribution in [1.29, 1.82) is 0 Å². The molecule has 1 aromatic heterocycles. The van der Waals surface area contributed by atoms with Crippen molar-refractivity contribution in [2.24, 2.45) is 0 Å². The van der Waals surface area contributed by atoms with Crippen LogP contribution in [0.25, 0.3) is 5.69 Å². The molecule has 0 unspecified atom stereocenters. The van der Waals surface area contributed by atoms with E-state index in [4.69, 9.17) is 0 Å². The zero-order chi connectivity index (χ0) is 17.1. The molecule has 1 fully saturated rings. The van der Waals surface area contributed by atoms with Gasteiger partial charge in [-0.15, -0.1) is 10.2 Å². The number of carbonyl (C=O) groups is 1. The Morgan fingerprint density at radius 1 is 1.21 bits per heavy atom. The van der Waals surface area contributed by atoms with Crippen LogP contribution in [0, 0.1) is 13.8 Å². The zero-order valence-corrected chi connectivity index (χ0v) is 15.2. The fourth-order valence-electron chi connectivity index (χ4n) is 2.84. The van der Waals surface area contributed by atoms with E-state index in [-0.39, 0.29) is 5.91 Å². The van der Waals surface area contributed by atoms with Crippen molar-refractivity contribution in [3.63, 3.8) is 0 Å². The Kier molecular flexibility index (Phi) is 5.20. The maximum Gasteiger partial charge on any atom is 0.233 e. The average molecular weight is 345 g/mol. The van der Waals surface area contributed by atoms with Crippen LogP contribution in [0.15, 0.2) is 29.7 Å². The Balaban J connectivity index is 1.67. The van der Waals surface area contributed by atoms with Crippen molar-refractivity contribution in [1.82, 2.24) is 24.6 Å². The number of piperazine rings is 1. The van der Waals surface area contributed by atoms with Crippen molar-refractivity contribution in [2.45, 2.75) is 19.0 Å². The summed E-state index contributed by atoms with van der Waals surface area (Å²) >= 11 is 1.45. The van der Waals surface area contributed by atoms with Crippen LogP contribution < -0.4 is 0 Å². The van der Waals surface area contributed by atoms with E-state index < -0.39 is 0 Å². The first-order valence-electron chi connectivity index (χ1n) is 8.11. The second-order valence-electron chi connectivity index (χ2n) is 6.25. The predicted molar refractivity (Wildman–Crippen MR) is 95.6 cm³/mol. The Bertz CT molecular complexity index is 722. The highest BCUT2D eigenvalue weighted by atomic mass is 32.2. The fourth-order valence-corrected chi connectivity index (χ4v) is 3.66. The van der Waals surface area contributed by atoms with E-state index in [0.29, 0.717) is 5.75 Å². The van der Waals surface area contributed by atoms with Crippen molar-refractivity contribution in [2.75, 3.05) is 39.0 Å². The molecule has 24 heavy (non-hydrogen) atoms. The first-order chi connectivity index (χ1) is 11.5. The van der Waals surface area contributed by atoms with E-state index in [1.807, 2.05) is 9.47 Å². The van der Waals surface area contributed by atoms with Gasteiger partial charge >= 0.3 is 0 Å². The Morgan fingerprint density at radius 3 is 2.67 bits per heavy atom. The third-order valence-corrected chi connectivity index (χ3v) is 5.24. The number of nitrogens with zero attached hydrogens (tertiary/aromatic N) is 5. The first-order valence-corrected chi connectivity index (χ1v) is 9.10. The number of aryl methyl sites for hydroxylation is 2. The van der Waals surface area contributed by atoms with Crippen LogP contribution in [0.1, 0.15) is 11.1 Å². The quantitative estimate of drug-likeness (QED) is 0.790. The minimum Gasteiger partial charge on any atom is -0.339 e. The lowest BCUT2D eigenvalue weighted by Crippen LogP contribution is -2.47. The number of amides is 1. The van der Waals surface area contributed by atoms with E-state index >= 15 is 0 Å². The van der Waals surface area contributed by atoms with E-state index in [0.717, 1.165) is 37.0 Å². The summed E-state index contributed by atoms with van der Waals surface area (Å²) in [5, 5.41) is 8.96. The van der Waals surface area contributed by atoms with Crippen LogP contribution in [0.5, 0.6) is 0 Å². The molecule has 0 atom stereocenters. The van der Waals surface area contributed by atoms with Gasteiger partial charge in [-0.05, 0) is 32.5 Å². The van der Waals surface area contributed by atoms with Gasteiger partial charge in [-0.2, -0.15) is 0 Å². The highest BCUT2D eigenvalue weighted by Gasteiger charge is 2.20. The molecule has 1 aromatic carbocycles. The molecule has 1 amide bonds. The average Bonchev–Trinajstić information content (AvgIpc) is 3.01. The fraction of sp³-hybridized carbons (Fsp3) is 0.471. The van der Waals surface area contributed by atoms with Gasteiger partial charge in [0.05, 0.1) is 11.4 Å². The largest absolute Gasteiger partial charge is 0.339 e. The second kappa shape index (κ2) is 7.36. The molecular formula is C17H23N5OS. The maximum atomic E-state index is 12.4. The van der Waals surface area contributed by atoms with Gasteiger partial charge in [0.15, 0.2) is 5.16 Å². The number of carbonyl (C=O) groups excluding carboxylic acids is 1. The van der Waals surface area contributed by atoms with Crippen LogP contribution in [-0.4, -0.2) is 69.5 Å². The molecule has 128 valence electrons. The molecule has 3 rings (SSSR count). The molecule has 1 aliphatic heterocycles. The van der Waals surface area contributed by atoms with Gasteiger partial charge in [0.2, 0.25) is 5.91 Å². The molecule has 0 N–H and O–H groups in total. The first kappa shape index (κ1) is 17.0. The predicted octanol–water partition coefficient (Wildman–Crippen LogP) is 1.75. The number of benzene rings is 1. The van der Waals surface area contributed by atoms with E-state index in [1.54, 1.807) is 6.33 Å². The summed E-state index contributed by atoms with van der Waals surface area (Å²) in [5.74, 6) is 0.566. The van der Waals surface area contributed by atoms with Crippen LogP contribution in [-0.2, 0) is 4.79 Å². The molecule has 7 heteroatoms. The molecule has 6 nitrogen and oxygen atoms in total. The standard InChI is InChI=1S/C17H23N5OS/c1-13-4-5-15(14(2)10-13)22-12-18-19-17(22)24-11-16(23)21-8-6-20(3)7-9-21/h4-5,10,12H,6-9,11H2,1-3H3. The van der Waals surface area contributed by atoms with E-state index in [9.17, 15) is 4.79 Å².